The number of likely N-dealkylation sites (N-methyl/N-ethyl adjacent to an activating group) is 1. The Balaban J connectivity index is 2.59. The number of halogens is 1. The number of rotatable bonds is 13. The maximum absolute atomic E-state index is 6.02. The van der Waals surface area contributed by atoms with Gasteiger partial charge in [0.15, 0.2) is 0 Å². The average molecular weight is 431 g/mol. The Labute approximate surface area is 187 Å². The van der Waals surface area contributed by atoms with E-state index in [0.717, 1.165) is 35.5 Å². The van der Waals surface area contributed by atoms with Gasteiger partial charge in [-0.25, -0.2) is 0 Å². The molecule has 6 nitrogen and oxygen atoms in total. The first-order valence-electron chi connectivity index (χ1n) is 10.2. The van der Waals surface area contributed by atoms with Crippen molar-refractivity contribution in [1.82, 2.24) is 10.4 Å². The fourth-order valence-corrected chi connectivity index (χ4v) is 2.84. The summed E-state index contributed by atoms with van der Waals surface area (Å²) in [5.41, 5.74) is 6.83. The number of ether oxygens (including phenoxy) is 1. The molecule has 0 heterocycles. The molecule has 0 aliphatic carbocycles. The second-order valence-corrected chi connectivity index (χ2v) is 7.20. The van der Waals surface area contributed by atoms with Crippen molar-refractivity contribution in [1.29, 1.82) is 0 Å². The molecule has 0 saturated carbocycles. The van der Waals surface area contributed by atoms with Crippen molar-refractivity contribution in [2.24, 2.45) is 10.9 Å². The van der Waals surface area contributed by atoms with Gasteiger partial charge in [-0.1, -0.05) is 30.7 Å². The van der Waals surface area contributed by atoms with Crippen LogP contribution >= 0.6 is 11.6 Å². The molecule has 1 aromatic rings. The van der Waals surface area contributed by atoms with Crippen molar-refractivity contribution >= 4 is 36.3 Å². The van der Waals surface area contributed by atoms with Gasteiger partial charge in [0, 0.05) is 5.03 Å². The van der Waals surface area contributed by atoms with Gasteiger partial charge >= 0.3 is 139 Å². The van der Waals surface area contributed by atoms with E-state index in [2.05, 4.69) is 35.8 Å². The van der Waals surface area contributed by atoms with Crippen molar-refractivity contribution in [2.75, 3.05) is 25.5 Å². The van der Waals surface area contributed by atoms with Gasteiger partial charge in [-0.15, -0.1) is 0 Å². The van der Waals surface area contributed by atoms with Crippen molar-refractivity contribution < 1.29 is 4.74 Å². The first kappa shape index (κ1) is 25.8. The van der Waals surface area contributed by atoms with E-state index in [0.29, 0.717) is 31.2 Å². The zero-order chi connectivity index (χ0) is 22.4. The van der Waals surface area contributed by atoms with Crippen LogP contribution in [0.15, 0.2) is 46.6 Å². The predicted molar refractivity (Wildman–Crippen MR) is 131 cm³/mol. The number of benzene rings is 1. The van der Waals surface area contributed by atoms with E-state index in [-0.39, 0.29) is 0 Å². The quantitative estimate of drug-likeness (QED) is 0.0846. The molecule has 0 aliphatic heterocycles. The SMILES string of the molecule is [B]=C(CNc1cccc(CC)c1CO/C(C)=N/NCC/C=C\C(Cl)=C/CC)N(C)N. The van der Waals surface area contributed by atoms with Crippen molar-refractivity contribution in [3.63, 3.8) is 0 Å². The Bertz CT molecular complexity index is 762. The molecular formula is C22H34BClN5O. The summed E-state index contributed by atoms with van der Waals surface area (Å²) in [6.45, 7) is 7.58. The zero-order valence-corrected chi connectivity index (χ0v) is 19.3. The minimum absolute atomic E-state index is 0.416. The average Bonchev–Trinajstić information content (AvgIpc) is 2.72. The van der Waals surface area contributed by atoms with Crippen LogP contribution in [0, 0.1) is 0 Å². The Kier molecular flexibility index (Phi) is 12.6. The minimum atomic E-state index is 0.416. The third-order valence-electron chi connectivity index (χ3n) is 4.33. The fraction of sp³-hybridized carbons (Fsp3) is 0.455. The molecule has 0 unspecified atom stereocenters. The van der Waals surface area contributed by atoms with Gasteiger partial charge in [0.2, 0.25) is 0 Å². The van der Waals surface area contributed by atoms with Crippen LogP contribution in [0.25, 0.3) is 0 Å². The number of nitrogens with two attached hydrogens (primary N) is 1. The number of nitrogens with one attached hydrogen (secondary N) is 2. The molecule has 0 spiro atoms. The number of hydrogen-bond acceptors (Lipinski definition) is 6. The number of hydrazone groups is 1. The molecule has 0 fully saturated rings. The van der Waals surface area contributed by atoms with Gasteiger partial charge in [-0.3, -0.25) is 0 Å². The Morgan fingerprint density at radius 1 is 1.37 bits per heavy atom. The summed E-state index contributed by atoms with van der Waals surface area (Å²) in [6.07, 6.45) is 8.55. The van der Waals surface area contributed by atoms with Gasteiger partial charge in [-0.05, 0) is 12.5 Å². The number of allylic oxidation sites excluding steroid dienone is 3. The van der Waals surface area contributed by atoms with Crippen LogP contribution in [0.1, 0.15) is 44.7 Å². The molecule has 0 atom stereocenters. The molecule has 4 N–H and O–H groups in total. The number of anilines is 1. The second kappa shape index (κ2) is 14.7. The molecule has 163 valence electrons. The van der Waals surface area contributed by atoms with Crippen LogP contribution in [-0.2, 0) is 17.8 Å². The molecule has 1 rings (SSSR count). The standard InChI is InChI=1S/C22H34BClN5O/c1-5-10-19(24)12-7-8-14-27-28-17(3)30-16-20-18(6-2)11-9-13-21(20)26-15-22(23)29(4)25/h7,9-13,26-27H,5-6,8,14-16,25H2,1-4H3/b12-7-,19-10+,28-17+. The van der Waals surface area contributed by atoms with E-state index < -0.39 is 0 Å². The van der Waals surface area contributed by atoms with Crippen LogP contribution in [0.4, 0.5) is 5.69 Å². The van der Waals surface area contributed by atoms with E-state index in [4.69, 9.17) is 29.7 Å². The van der Waals surface area contributed by atoms with Gasteiger partial charge < -0.3 is 0 Å². The summed E-state index contributed by atoms with van der Waals surface area (Å²) in [5.74, 6) is 6.24. The Hall–Kier alpha value is -2.25. The second-order valence-electron chi connectivity index (χ2n) is 6.77. The third-order valence-corrected chi connectivity index (χ3v) is 4.61. The summed E-state index contributed by atoms with van der Waals surface area (Å²) in [4.78, 5) is 0. The molecular weight excluding hydrogens is 397 g/mol. The monoisotopic (exact) mass is 430 g/mol. The molecule has 1 radical (unpaired) electrons. The topological polar surface area (TPSA) is 74.9 Å². The van der Waals surface area contributed by atoms with Crippen molar-refractivity contribution in [3.05, 3.63) is 52.6 Å². The molecule has 0 aromatic heterocycles. The van der Waals surface area contributed by atoms with Gasteiger partial charge in [0.05, 0.1) is 0 Å². The van der Waals surface area contributed by atoms with Crippen molar-refractivity contribution in [2.45, 2.75) is 46.6 Å². The Morgan fingerprint density at radius 3 is 2.80 bits per heavy atom. The predicted octanol–water partition coefficient (Wildman–Crippen LogP) is 3.68. The molecule has 0 saturated heterocycles. The number of aryl methyl sites for hydroxylation is 1. The summed E-state index contributed by atoms with van der Waals surface area (Å²) < 4.78 is 5.87. The molecule has 0 bridgehead atoms. The first-order valence-corrected chi connectivity index (χ1v) is 10.6. The zero-order valence-electron chi connectivity index (χ0n) is 18.5. The first-order chi connectivity index (χ1) is 14.4. The van der Waals surface area contributed by atoms with Crippen LogP contribution in [0.3, 0.4) is 0 Å². The van der Waals surface area contributed by atoms with Crippen LogP contribution in [-0.4, -0.2) is 44.1 Å². The fourth-order valence-electron chi connectivity index (χ4n) is 2.60. The van der Waals surface area contributed by atoms with Crippen molar-refractivity contribution in [3.8, 4) is 0 Å². The molecule has 0 amide bonds. The van der Waals surface area contributed by atoms with Crippen LogP contribution in [0.2, 0.25) is 0 Å². The molecule has 1 aromatic carbocycles. The van der Waals surface area contributed by atoms with E-state index in [1.807, 2.05) is 37.3 Å². The molecule has 8 heteroatoms. The molecule has 30 heavy (non-hydrogen) atoms. The number of hydrazine groups is 1. The van der Waals surface area contributed by atoms with E-state index in [1.54, 1.807) is 7.05 Å². The Morgan fingerprint density at radius 2 is 2.13 bits per heavy atom. The van der Waals surface area contributed by atoms with E-state index >= 15 is 0 Å². The summed E-state index contributed by atoms with van der Waals surface area (Å²) in [6, 6.07) is 6.13. The maximum atomic E-state index is 6.02. The van der Waals surface area contributed by atoms with E-state index in [9.17, 15) is 0 Å². The van der Waals surface area contributed by atoms with Gasteiger partial charge in [0.25, 0.3) is 0 Å². The number of nitrogens with zero attached hydrogens (tertiary/aromatic N) is 2. The van der Waals surface area contributed by atoms with E-state index in [1.165, 1.54) is 10.6 Å². The van der Waals surface area contributed by atoms with Gasteiger partial charge in [-0.2, -0.15) is 0 Å². The normalized spacial score (nSPS) is 12.2. The third kappa shape index (κ3) is 9.99. The summed E-state index contributed by atoms with van der Waals surface area (Å²) in [5, 5.41) is 9.77. The van der Waals surface area contributed by atoms with Crippen LogP contribution in [0.5, 0.6) is 0 Å². The van der Waals surface area contributed by atoms with Gasteiger partial charge in [0.1, 0.15) is 0 Å². The summed E-state index contributed by atoms with van der Waals surface area (Å²) in [7, 11) is 7.62. The molecule has 0 aliphatic rings. The number of hydrogen-bond donors (Lipinski definition) is 3. The summed E-state index contributed by atoms with van der Waals surface area (Å²) >= 11 is 6.02. The van der Waals surface area contributed by atoms with Crippen LogP contribution < -0.4 is 16.6 Å².